The number of nitrogens with zero attached hydrogens (tertiary/aromatic N) is 1. The third kappa shape index (κ3) is 3.16. The van der Waals surface area contributed by atoms with Crippen molar-refractivity contribution in [3.05, 3.63) is 30.5 Å². The van der Waals surface area contributed by atoms with E-state index in [9.17, 15) is 9.59 Å². The van der Waals surface area contributed by atoms with E-state index >= 15 is 0 Å². The zero-order valence-electron chi connectivity index (χ0n) is 11.4. The number of aliphatic hydroxyl groups is 1. The van der Waals surface area contributed by atoms with E-state index in [4.69, 9.17) is 5.11 Å². The van der Waals surface area contributed by atoms with Gasteiger partial charge in [0, 0.05) is 31.0 Å². The molecule has 1 heterocycles. The summed E-state index contributed by atoms with van der Waals surface area (Å²) in [6.07, 6.45) is 1.23. The van der Waals surface area contributed by atoms with Gasteiger partial charge in [-0.25, -0.2) is 0 Å². The Kier molecular flexibility index (Phi) is 4.05. The van der Waals surface area contributed by atoms with Gasteiger partial charge in [0.15, 0.2) is 0 Å². The number of anilines is 1. The van der Waals surface area contributed by atoms with Crippen molar-refractivity contribution in [1.82, 2.24) is 9.88 Å². The van der Waals surface area contributed by atoms with Gasteiger partial charge >= 0.3 is 11.8 Å². The smallest absolute Gasteiger partial charge is 0.313 e. The summed E-state index contributed by atoms with van der Waals surface area (Å²) in [5.41, 5.74) is 1.52. The molecular formula is C14H17N3O3. The molecule has 0 aliphatic rings. The number of rotatable bonds is 3. The number of aryl methyl sites for hydroxylation is 1. The molecule has 2 rings (SSSR count). The molecule has 0 bridgehead atoms. The Balaban J connectivity index is 2.05. The predicted molar refractivity (Wildman–Crippen MR) is 76.2 cm³/mol. The predicted octanol–water partition coefficient (Wildman–Crippen LogP) is 0.614. The van der Waals surface area contributed by atoms with E-state index < -0.39 is 17.9 Å². The maximum Gasteiger partial charge on any atom is 0.313 e. The van der Waals surface area contributed by atoms with Crippen molar-refractivity contribution in [1.29, 1.82) is 0 Å². The third-order valence-electron chi connectivity index (χ3n) is 2.91. The van der Waals surface area contributed by atoms with E-state index in [1.54, 1.807) is 12.1 Å². The summed E-state index contributed by atoms with van der Waals surface area (Å²) in [4.78, 5) is 23.2. The minimum absolute atomic E-state index is 0.0447. The molecule has 2 aromatic rings. The van der Waals surface area contributed by atoms with Crippen LogP contribution in [0.25, 0.3) is 10.9 Å². The highest BCUT2D eigenvalue weighted by Crippen LogP contribution is 2.19. The zero-order chi connectivity index (χ0) is 14.7. The molecule has 106 valence electrons. The number of amides is 2. The fourth-order valence-electron chi connectivity index (χ4n) is 1.85. The number of carbonyl (C=O) groups is 2. The van der Waals surface area contributed by atoms with Crippen LogP contribution in [-0.2, 0) is 16.6 Å². The number of hydrogen-bond acceptors (Lipinski definition) is 3. The van der Waals surface area contributed by atoms with Crippen molar-refractivity contribution < 1.29 is 14.7 Å². The Hall–Kier alpha value is -2.34. The summed E-state index contributed by atoms with van der Waals surface area (Å²) in [6, 6.07) is 7.38. The molecule has 1 aromatic carbocycles. The van der Waals surface area contributed by atoms with E-state index in [0.717, 1.165) is 10.9 Å². The van der Waals surface area contributed by atoms with Crippen molar-refractivity contribution >= 4 is 28.4 Å². The van der Waals surface area contributed by atoms with Gasteiger partial charge in [0.2, 0.25) is 0 Å². The minimum atomic E-state index is -0.766. The monoisotopic (exact) mass is 275 g/mol. The van der Waals surface area contributed by atoms with E-state index in [1.807, 2.05) is 29.9 Å². The van der Waals surface area contributed by atoms with Gasteiger partial charge in [0.25, 0.3) is 0 Å². The van der Waals surface area contributed by atoms with Crippen molar-refractivity contribution in [3.8, 4) is 0 Å². The van der Waals surface area contributed by atoms with Crippen LogP contribution >= 0.6 is 0 Å². The first-order valence-electron chi connectivity index (χ1n) is 6.29. The quantitative estimate of drug-likeness (QED) is 0.718. The van der Waals surface area contributed by atoms with E-state index in [-0.39, 0.29) is 6.54 Å². The molecule has 0 aliphatic heterocycles. The summed E-state index contributed by atoms with van der Waals surface area (Å²) in [7, 11) is 1.91. The molecule has 0 radical (unpaired) electrons. The van der Waals surface area contributed by atoms with Gasteiger partial charge in [0.1, 0.15) is 0 Å². The number of aromatic nitrogens is 1. The molecule has 6 heteroatoms. The first-order valence-corrected chi connectivity index (χ1v) is 6.29. The molecule has 0 saturated carbocycles. The van der Waals surface area contributed by atoms with Gasteiger partial charge in [-0.2, -0.15) is 0 Å². The Labute approximate surface area is 116 Å². The van der Waals surface area contributed by atoms with Crippen LogP contribution in [0.3, 0.4) is 0 Å². The second-order valence-corrected chi connectivity index (χ2v) is 4.71. The Morgan fingerprint density at radius 1 is 1.30 bits per heavy atom. The minimum Gasteiger partial charge on any atom is -0.392 e. The summed E-state index contributed by atoms with van der Waals surface area (Å²) < 4.78 is 1.93. The summed E-state index contributed by atoms with van der Waals surface area (Å²) >= 11 is 0. The molecule has 1 unspecified atom stereocenters. The average Bonchev–Trinajstić information content (AvgIpc) is 2.77. The number of aliphatic hydroxyl groups excluding tert-OH is 1. The van der Waals surface area contributed by atoms with Crippen molar-refractivity contribution in [2.75, 3.05) is 11.9 Å². The molecule has 0 aliphatic carbocycles. The lowest BCUT2D eigenvalue weighted by Gasteiger charge is -2.08. The van der Waals surface area contributed by atoms with Gasteiger partial charge in [-0.15, -0.1) is 0 Å². The molecule has 0 saturated heterocycles. The second-order valence-electron chi connectivity index (χ2n) is 4.71. The van der Waals surface area contributed by atoms with Gasteiger partial charge in [-0.1, -0.05) is 6.07 Å². The first kappa shape index (κ1) is 14.1. The van der Waals surface area contributed by atoms with E-state index in [1.165, 1.54) is 6.92 Å². The molecular weight excluding hydrogens is 258 g/mol. The SMILES string of the molecule is CC(O)CNC(=O)C(=O)Nc1ccc2ccn(C)c2c1. The highest BCUT2D eigenvalue weighted by molar-refractivity contribution is 6.39. The van der Waals surface area contributed by atoms with Gasteiger partial charge in [0.05, 0.1) is 6.10 Å². The second kappa shape index (κ2) is 5.75. The van der Waals surface area contributed by atoms with Crippen LogP contribution in [0.15, 0.2) is 30.5 Å². The highest BCUT2D eigenvalue weighted by atomic mass is 16.3. The molecule has 0 spiro atoms. The van der Waals surface area contributed by atoms with Crippen molar-refractivity contribution in [3.63, 3.8) is 0 Å². The van der Waals surface area contributed by atoms with Crippen molar-refractivity contribution in [2.24, 2.45) is 7.05 Å². The molecule has 1 aromatic heterocycles. The Morgan fingerprint density at radius 3 is 2.75 bits per heavy atom. The molecule has 3 N–H and O–H groups in total. The number of benzene rings is 1. The lowest BCUT2D eigenvalue weighted by atomic mass is 10.2. The maximum atomic E-state index is 11.7. The molecule has 0 fully saturated rings. The topological polar surface area (TPSA) is 83.4 Å². The molecule has 1 atom stereocenters. The van der Waals surface area contributed by atoms with Crippen LogP contribution in [0.1, 0.15) is 6.92 Å². The lowest BCUT2D eigenvalue weighted by Crippen LogP contribution is -2.38. The van der Waals surface area contributed by atoms with Crippen LogP contribution in [0, 0.1) is 0 Å². The van der Waals surface area contributed by atoms with Crippen LogP contribution < -0.4 is 10.6 Å². The lowest BCUT2D eigenvalue weighted by molar-refractivity contribution is -0.136. The van der Waals surface area contributed by atoms with Crippen LogP contribution in [0.4, 0.5) is 5.69 Å². The zero-order valence-corrected chi connectivity index (χ0v) is 11.4. The Morgan fingerprint density at radius 2 is 2.05 bits per heavy atom. The third-order valence-corrected chi connectivity index (χ3v) is 2.91. The van der Waals surface area contributed by atoms with Crippen molar-refractivity contribution in [2.45, 2.75) is 13.0 Å². The largest absolute Gasteiger partial charge is 0.392 e. The van der Waals surface area contributed by atoms with E-state index in [2.05, 4.69) is 10.6 Å². The summed E-state index contributed by atoms with van der Waals surface area (Å²) in [6.45, 7) is 1.57. The van der Waals surface area contributed by atoms with Crippen LogP contribution in [0.5, 0.6) is 0 Å². The fourth-order valence-corrected chi connectivity index (χ4v) is 1.85. The standard InChI is InChI=1S/C14H17N3O3/c1-9(18)8-15-13(19)14(20)16-11-4-3-10-5-6-17(2)12(10)7-11/h3-7,9,18H,8H2,1-2H3,(H,15,19)(H,16,20). The average molecular weight is 275 g/mol. The van der Waals surface area contributed by atoms with Gasteiger partial charge in [-0.3, -0.25) is 9.59 Å². The summed E-state index contributed by atoms with van der Waals surface area (Å²) in [5, 5.41) is 15.0. The first-order chi connectivity index (χ1) is 9.47. The Bertz CT molecular complexity index is 646. The number of fused-ring (bicyclic) bond motifs is 1. The van der Waals surface area contributed by atoms with Crippen LogP contribution in [0.2, 0.25) is 0 Å². The highest BCUT2D eigenvalue weighted by Gasteiger charge is 2.14. The summed E-state index contributed by atoms with van der Waals surface area (Å²) in [5.74, 6) is -1.52. The molecule has 20 heavy (non-hydrogen) atoms. The maximum absolute atomic E-state index is 11.7. The number of carbonyl (C=O) groups excluding carboxylic acids is 2. The number of nitrogens with one attached hydrogen (secondary N) is 2. The van der Waals surface area contributed by atoms with Gasteiger partial charge in [-0.05, 0) is 30.5 Å². The number of hydrogen-bond donors (Lipinski definition) is 3. The van der Waals surface area contributed by atoms with Crippen LogP contribution in [-0.4, -0.2) is 34.1 Å². The van der Waals surface area contributed by atoms with E-state index in [0.29, 0.717) is 5.69 Å². The molecule has 2 amide bonds. The van der Waals surface area contributed by atoms with Gasteiger partial charge < -0.3 is 20.3 Å². The fraction of sp³-hybridized carbons (Fsp3) is 0.286. The molecule has 6 nitrogen and oxygen atoms in total. The normalized spacial score (nSPS) is 12.2.